The van der Waals surface area contributed by atoms with Gasteiger partial charge in [0, 0.05) is 29.6 Å². The molecule has 158 valence electrons. The van der Waals surface area contributed by atoms with Gasteiger partial charge in [-0.05, 0) is 62.5 Å². The zero-order valence-corrected chi connectivity index (χ0v) is 18.5. The third-order valence-electron chi connectivity index (χ3n) is 6.38. The summed E-state index contributed by atoms with van der Waals surface area (Å²) in [6, 6.07) is 12.6. The average Bonchev–Trinajstić information content (AvgIpc) is 3.73. The number of hydrogen-bond acceptors (Lipinski definition) is 4. The van der Waals surface area contributed by atoms with E-state index in [2.05, 4.69) is 52.0 Å². The normalized spacial score (nSPS) is 16.3. The van der Waals surface area contributed by atoms with Gasteiger partial charge in [-0.3, -0.25) is 5.10 Å². The molecule has 0 spiro atoms. The topological polar surface area (TPSA) is 64.3 Å². The minimum Gasteiger partial charge on any atom is -0.300 e. The fourth-order valence-electron chi connectivity index (χ4n) is 4.37. The number of pyridine rings is 1. The minimum absolute atomic E-state index is 0.505. The minimum atomic E-state index is 0.505. The Morgan fingerprint density at radius 1 is 1.10 bits per heavy atom. The maximum atomic E-state index is 5.59. The predicted molar refractivity (Wildman–Crippen MR) is 124 cm³/mol. The number of rotatable bonds is 7. The molecule has 7 heteroatoms. The average molecular weight is 431 g/mol. The Kier molecular flexibility index (Phi) is 4.52. The lowest BCUT2D eigenvalue weighted by molar-refractivity contribution is 0.629. The van der Waals surface area contributed by atoms with E-state index in [1.54, 1.807) is 0 Å². The van der Waals surface area contributed by atoms with Crippen molar-refractivity contribution >= 4 is 23.3 Å². The molecule has 31 heavy (non-hydrogen) atoms. The first kappa shape index (κ1) is 18.9. The Bertz CT molecular complexity index is 1310. The van der Waals surface area contributed by atoms with Crippen LogP contribution in [0.15, 0.2) is 36.4 Å². The van der Waals surface area contributed by atoms with Gasteiger partial charge in [0.1, 0.15) is 0 Å². The molecular formula is C24H26N6S. The van der Waals surface area contributed by atoms with Gasteiger partial charge >= 0.3 is 0 Å². The Morgan fingerprint density at radius 3 is 2.58 bits per heavy atom. The third-order valence-corrected chi connectivity index (χ3v) is 6.69. The summed E-state index contributed by atoms with van der Waals surface area (Å²) >= 11 is 5.59. The van der Waals surface area contributed by atoms with Gasteiger partial charge < -0.3 is 4.57 Å². The number of benzene rings is 1. The fraction of sp³-hybridized carbons (Fsp3) is 0.417. The van der Waals surface area contributed by atoms with Gasteiger partial charge in [-0.2, -0.15) is 10.2 Å². The van der Waals surface area contributed by atoms with Crippen LogP contribution in [-0.4, -0.2) is 29.5 Å². The smallest absolute Gasteiger partial charge is 0.195 e. The van der Waals surface area contributed by atoms with Gasteiger partial charge in [-0.25, -0.2) is 9.67 Å². The zero-order chi connectivity index (χ0) is 20.9. The van der Waals surface area contributed by atoms with E-state index in [1.165, 1.54) is 25.7 Å². The number of nitrogens with zero attached hydrogens (tertiary/aromatic N) is 5. The van der Waals surface area contributed by atoms with Crippen LogP contribution in [0.3, 0.4) is 0 Å². The molecule has 1 N–H and O–H groups in total. The summed E-state index contributed by atoms with van der Waals surface area (Å²) in [6.45, 7) is 3.07. The van der Waals surface area contributed by atoms with Crippen LogP contribution in [0.2, 0.25) is 0 Å². The summed E-state index contributed by atoms with van der Waals surface area (Å²) in [5, 5.41) is 14.0. The first-order valence-electron chi connectivity index (χ1n) is 11.4. The van der Waals surface area contributed by atoms with Crippen LogP contribution in [0.25, 0.3) is 28.1 Å². The van der Waals surface area contributed by atoms with Crippen LogP contribution < -0.4 is 0 Å². The van der Waals surface area contributed by atoms with Crippen LogP contribution in [-0.2, 0) is 6.54 Å². The van der Waals surface area contributed by atoms with Gasteiger partial charge in [-0.1, -0.05) is 31.5 Å². The van der Waals surface area contributed by atoms with E-state index < -0.39 is 0 Å². The van der Waals surface area contributed by atoms with Crippen LogP contribution >= 0.6 is 12.2 Å². The highest BCUT2D eigenvalue weighted by atomic mass is 32.1. The highest BCUT2D eigenvalue weighted by Gasteiger charge is 2.34. The summed E-state index contributed by atoms with van der Waals surface area (Å²) in [5.41, 5.74) is 5.43. The van der Waals surface area contributed by atoms with Gasteiger partial charge in [-0.15, -0.1) is 0 Å². The SMILES string of the molecule is CCCCn1c(-c2cc(C3CC3)nc3c2c(C2CC2)nn3-c2ccccc2)n[nH]c1=S. The van der Waals surface area contributed by atoms with Crippen molar-refractivity contribution in [3.05, 3.63) is 52.6 Å². The molecule has 6 nitrogen and oxygen atoms in total. The second-order valence-corrected chi connectivity index (χ2v) is 9.22. The summed E-state index contributed by atoms with van der Waals surface area (Å²) in [6.07, 6.45) is 6.97. The van der Waals surface area contributed by atoms with Crippen molar-refractivity contribution in [2.45, 2.75) is 63.8 Å². The second-order valence-electron chi connectivity index (χ2n) is 8.83. The monoisotopic (exact) mass is 430 g/mol. The zero-order valence-electron chi connectivity index (χ0n) is 17.7. The van der Waals surface area contributed by atoms with Crippen molar-refractivity contribution in [2.75, 3.05) is 0 Å². The van der Waals surface area contributed by atoms with E-state index in [0.29, 0.717) is 16.6 Å². The van der Waals surface area contributed by atoms with E-state index in [4.69, 9.17) is 22.3 Å². The lowest BCUT2D eigenvalue weighted by Gasteiger charge is -2.10. The van der Waals surface area contributed by atoms with Crippen LogP contribution in [0.5, 0.6) is 0 Å². The highest BCUT2D eigenvalue weighted by molar-refractivity contribution is 7.71. The van der Waals surface area contributed by atoms with Crippen molar-refractivity contribution < 1.29 is 0 Å². The molecule has 0 saturated heterocycles. The van der Waals surface area contributed by atoms with Crippen molar-refractivity contribution in [2.24, 2.45) is 0 Å². The number of H-pyrrole nitrogens is 1. The van der Waals surface area contributed by atoms with E-state index in [-0.39, 0.29) is 0 Å². The summed E-state index contributed by atoms with van der Waals surface area (Å²) < 4.78 is 4.88. The first-order valence-corrected chi connectivity index (χ1v) is 11.8. The van der Waals surface area contributed by atoms with E-state index in [9.17, 15) is 0 Å². The molecule has 3 heterocycles. The molecule has 0 unspecified atom stereocenters. The molecule has 3 aromatic heterocycles. The molecule has 4 aromatic rings. The largest absolute Gasteiger partial charge is 0.300 e. The molecule has 2 saturated carbocycles. The summed E-state index contributed by atoms with van der Waals surface area (Å²) in [4.78, 5) is 5.16. The first-order chi connectivity index (χ1) is 15.2. The predicted octanol–water partition coefficient (Wildman–Crippen LogP) is 5.90. The Balaban J connectivity index is 1.65. The molecule has 2 aliphatic carbocycles. The lowest BCUT2D eigenvalue weighted by Crippen LogP contribution is -2.03. The van der Waals surface area contributed by atoms with Gasteiger partial charge in [0.2, 0.25) is 0 Å². The quantitative estimate of drug-likeness (QED) is 0.371. The second kappa shape index (κ2) is 7.41. The summed E-state index contributed by atoms with van der Waals surface area (Å²) in [5.74, 6) is 1.96. The Labute approximate surface area is 186 Å². The van der Waals surface area contributed by atoms with E-state index in [0.717, 1.165) is 58.9 Å². The number of aromatic nitrogens is 6. The van der Waals surface area contributed by atoms with Crippen molar-refractivity contribution in [3.63, 3.8) is 0 Å². The number of para-hydroxylation sites is 1. The molecule has 1 aromatic carbocycles. The van der Waals surface area contributed by atoms with Crippen LogP contribution in [0.1, 0.15) is 68.7 Å². The molecular weight excluding hydrogens is 404 g/mol. The van der Waals surface area contributed by atoms with Crippen molar-refractivity contribution in [1.29, 1.82) is 0 Å². The maximum Gasteiger partial charge on any atom is 0.195 e. The van der Waals surface area contributed by atoms with Gasteiger partial charge in [0.25, 0.3) is 0 Å². The molecule has 2 aliphatic rings. The number of nitrogens with one attached hydrogen (secondary N) is 1. The molecule has 0 radical (unpaired) electrons. The van der Waals surface area contributed by atoms with E-state index in [1.807, 2.05) is 10.7 Å². The maximum absolute atomic E-state index is 5.59. The fourth-order valence-corrected chi connectivity index (χ4v) is 4.59. The van der Waals surface area contributed by atoms with Gasteiger partial charge in [0.15, 0.2) is 16.2 Å². The Morgan fingerprint density at radius 2 is 1.87 bits per heavy atom. The van der Waals surface area contributed by atoms with E-state index >= 15 is 0 Å². The van der Waals surface area contributed by atoms with Crippen molar-refractivity contribution in [3.8, 4) is 17.1 Å². The number of fused-ring (bicyclic) bond motifs is 1. The molecule has 6 rings (SSSR count). The lowest BCUT2D eigenvalue weighted by atomic mass is 10.0. The highest BCUT2D eigenvalue weighted by Crippen LogP contribution is 2.47. The molecule has 0 aliphatic heterocycles. The molecule has 0 amide bonds. The standard InChI is InChI=1S/C24H26N6S/c1-2-3-13-29-22(26-27-24(29)31)18-14-19(15-9-10-15)25-23-20(18)21(16-11-12-16)28-30(23)17-7-5-4-6-8-17/h4-8,14-16H,2-3,9-13H2,1H3,(H,27,31). The molecule has 0 atom stereocenters. The molecule has 2 fully saturated rings. The van der Waals surface area contributed by atoms with Crippen LogP contribution in [0, 0.1) is 4.77 Å². The van der Waals surface area contributed by atoms with Crippen LogP contribution in [0.4, 0.5) is 0 Å². The molecule has 0 bridgehead atoms. The number of hydrogen-bond donors (Lipinski definition) is 1. The number of unbranched alkanes of at least 4 members (excludes halogenated alkanes) is 1. The Hall–Kier alpha value is -2.80. The summed E-state index contributed by atoms with van der Waals surface area (Å²) in [7, 11) is 0. The van der Waals surface area contributed by atoms with Gasteiger partial charge in [0.05, 0.1) is 16.8 Å². The van der Waals surface area contributed by atoms with Crippen molar-refractivity contribution in [1.82, 2.24) is 29.5 Å². The number of aromatic amines is 1. The third kappa shape index (κ3) is 3.31.